The van der Waals surface area contributed by atoms with Crippen molar-refractivity contribution in [1.82, 2.24) is 19.5 Å². The Bertz CT molecular complexity index is 1650. The molecule has 214 valence electrons. The van der Waals surface area contributed by atoms with E-state index in [2.05, 4.69) is 37.4 Å². The quantitative estimate of drug-likeness (QED) is 0.241. The highest BCUT2D eigenvalue weighted by molar-refractivity contribution is 5.99. The summed E-state index contributed by atoms with van der Waals surface area (Å²) in [6.45, 7) is 2.17. The molecule has 12 heteroatoms. The van der Waals surface area contributed by atoms with Crippen molar-refractivity contribution in [2.45, 2.75) is 32.0 Å². The van der Waals surface area contributed by atoms with Gasteiger partial charge in [-0.25, -0.2) is 15.0 Å². The predicted octanol–water partition coefficient (Wildman–Crippen LogP) is 4.80. The fraction of sp³-hybridized carbons (Fsp3) is 0.233. The Morgan fingerprint density at radius 2 is 1.98 bits per heavy atom. The Hall–Kier alpha value is -5.02. The number of hydrogen-bond donors (Lipinski definition) is 2. The maximum atomic E-state index is 13.5. The van der Waals surface area contributed by atoms with Crippen molar-refractivity contribution in [3.63, 3.8) is 0 Å². The Morgan fingerprint density at radius 1 is 1.12 bits per heavy atom. The van der Waals surface area contributed by atoms with Gasteiger partial charge in [0.2, 0.25) is 0 Å². The molecule has 0 radical (unpaired) electrons. The van der Waals surface area contributed by atoms with E-state index in [4.69, 9.17) is 4.74 Å². The van der Waals surface area contributed by atoms with Crippen LogP contribution >= 0.6 is 0 Å². The number of carbonyl (C=O) groups excluding carboxylic acids is 2. The first-order chi connectivity index (χ1) is 20.2. The van der Waals surface area contributed by atoms with Crippen LogP contribution in [0.2, 0.25) is 0 Å². The number of benzene rings is 2. The molecule has 4 aromatic rings. The van der Waals surface area contributed by atoms with Crippen LogP contribution < -0.4 is 10.6 Å². The normalized spacial score (nSPS) is 14.6. The standard InChI is InChI=1S/C30H25F3N6O3/c1-19-4-5-21(11-20(19)6-7-23-15-37-28(17-36-23)38-29(41)27-3-2-10-42-27)26(40)16-35-24-12-22(30(31,32)33)13-25(14-24)39-9-8-34-18-39/h4-5,8-9,11-15,17-18,27,35H,2-3,10,16H2,1H3,(H,37,38,41)/t27-/m1/s1. The van der Waals surface area contributed by atoms with Gasteiger partial charge in [0.25, 0.3) is 5.91 Å². The van der Waals surface area contributed by atoms with Crippen LogP contribution in [0.25, 0.3) is 5.69 Å². The van der Waals surface area contributed by atoms with Crippen molar-refractivity contribution in [3.8, 4) is 17.5 Å². The molecule has 5 rings (SSSR count). The first-order valence-corrected chi connectivity index (χ1v) is 13.0. The number of hydrogen-bond acceptors (Lipinski definition) is 7. The highest BCUT2D eigenvalue weighted by Gasteiger charge is 2.31. The molecule has 2 aromatic carbocycles. The Morgan fingerprint density at radius 3 is 2.67 bits per heavy atom. The number of amides is 1. The molecule has 2 N–H and O–H groups in total. The van der Waals surface area contributed by atoms with Gasteiger partial charge < -0.3 is 19.9 Å². The second kappa shape index (κ2) is 12.2. The van der Waals surface area contributed by atoms with Gasteiger partial charge in [0.1, 0.15) is 11.8 Å². The third kappa shape index (κ3) is 7.00. The number of anilines is 2. The zero-order valence-electron chi connectivity index (χ0n) is 22.4. The molecule has 0 spiro atoms. The Kier molecular flexibility index (Phi) is 8.31. The molecule has 42 heavy (non-hydrogen) atoms. The molecule has 0 saturated carbocycles. The molecule has 1 aliphatic heterocycles. The molecule has 1 fully saturated rings. The molecule has 1 amide bonds. The van der Waals surface area contributed by atoms with E-state index in [1.165, 1.54) is 41.7 Å². The molecule has 3 heterocycles. The van der Waals surface area contributed by atoms with Crippen molar-refractivity contribution in [3.05, 3.63) is 95.5 Å². The first-order valence-electron chi connectivity index (χ1n) is 13.0. The van der Waals surface area contributed by atoms with Gasteiger partial charge in [0.15, 0.2) is 11.6 Å². The zero-order valence-corrected chi connectivity index (χ0v) is 22.4. The SMILES string of the molecule is Cc1ccc(C(=O)CNc2cc(-n3ccnc3)cc(C(F)(F)F)c2)cc1C#Cc1cnc(NC(=O)[C@H]2CCCO2)cn1. The monoisotopic (exact) mass is 574 g/mol. The van der Waals surface area contributed by atoms with Crippen LogP contribution in [-0.2, 0) is 15.7 Å². The minimum absolute atomic E-state index is 0.142. The minimum atomic E-state index is -4.56. The summed E-state index contributed by atoms with van der Waals surface area (Å²) in [4.78, 5) is 37.4. The largest absolute Gasteiger partial charge is 0.416 e. The number of aryl methyl sites for hydroxylation is 1. The maximum Gasteiger partial charge on any atom is 0.416 e. The van der Waals surface area contributed by atoms with Gasteiger partial charge in [-0.05, 0) is 55.5 Å². The van der Waals surface area contributed by atoms with Crippen LogP contribution in [0.15, 0.2) is 67.5 Å². The van der Waals surface area contributed by atoms with E-state index < -0.39 is 17.8 Å². The lowest BCUT2D eigenvalue weighted by molar-refractivity contribution is -0.137. The number of aromatic nitrogens is 4. The van der Waals surface area contributed by atoms with Crippen LogP contribution in [0.4, 0.5) is 24.7 Å². The average molecular weight is 575 g/mol. The van der Waals surface area contributed by atoms with Gasteiger partial charge in [0.05, 0.1) is 30.8 Å². The highest BCUT2D eigenvalue weighted by Crippen LogP contribution is 2.33. The van der Waals surface area contributed by atoms with Gasteiger partial charge in [0, 0.05) is 41.5 Å². The zero-order chi connectivity index (χ0) is 29.7. The van der Waals surface area contributed by atoms with Crippen LogP contribution in [-0.4, -0.2) is 50.5 Å². The number of alkyl halides is 3. The smallest absolute Gasteiger partial charge is 0.378 e. The van der Waals surface area contributed by atoms with Crippen molar-refractivity contribution in [2.75, 3.05) is 23.8 Å². The number of nitrogens with one attached hydrogen (secondary N) is 2. The molecule has 9 nitrogen and oxygen atoms in total. The summed E-state index contributed by atoms with van der Waals surface area (Å²) >= 11 is 0. The van der Waals surface area contributed by atoms with E-state index in [9.17, 15) is 22.8 Å². The van der Waals surface area contributed by atoms with Crippen molar-refractivity contribution < 1.29 is 27.5 Å². The Balaban J connectivity index is 1.26. The molecule has 0 aliphatic carbocycles. The lowest BCUT2D eigenvalue weighted by atomic mass is 10.0. The molecular formula is C30H25F3N6O3. The third-order valence-corrected chi connectivity index (χ3v) is 6.51. The molecule has 0 unspecified atom stereocenters. The molecule has 1 saturated heterocycles. The minimum Gasteiger partial charge on any atom is -0.378 e. The second-order valence-electron chi connectivity index (χ2n) is 9.57. The highest BCUT2D eigenvalue weighted by atomic mass is 19.4. The van der Waals surface area contributed by atoms with E-state index >= 15 is 0 Å². The summed E-state index contributed by atoms with van der Waals surface area (Å²) in [6.07, 6.45) is 3.68. The molecular weight excluding hydrogens is 549 g/mol. The van der Waals surface area contributed by atoms with Gasteiger partial charge >= 0.3 is 6.18 Å². The summed E-state index contributed by atoms with van der Waals surface area (Å²) < 4.78 is 47.3. The molecule has 2 aromatic heterocycles. The maximum absolute atomic E-state index is 13.5. The summed E-state index contributed by atoms with van der Waals surface area (Å²) in [6, 6.07) is 8.49. The number of nitrogens with zero attached hydrogens (tertiary/aromatic N) is 4. The predicted molar refractivity (Wildman–Crippen MR) is 148 cm³/mol. The lowest BCUT2D eigenvalue weighted by Gasteiger charge is -2.14. The topological polar surface area (TPSA) is 111 Å². The van der Waals surface area contributed by atoms with Gasteiger partial charge in [-0.2, -0.15) is 13.2 Å². The van der Waals surface area contributed by atoms with Crippen LogP contribution in [0.3, 0.4) is 0 Å². The summed E-state index contributed by atoms with van der Waals surface area (Å²) in [5.41, 5.74) is 1.66. The van der Waals surface area contributed by atoms with E-state index in [1.54, 1.807) is 18.2 Å². The third-order valence-electron chi connectivity index (χ3n) is 6.51. The van der Waals surface area contributed by atoms with E-state index in [0.29, 0.717) is 29.8 Å². The van der Waals surface area contributed by atoms with Gasteiger partial charge in [-0.15, -0.1) is 0 Å². The number of rotatable bonds is 7. The van der Waals surface area contributed by atoms with Crippen LogP contribution in [0, 0.1) is 18.8 Å². The van der Waals surface area contributed by atoms with E-state index in [-0.39, 0.29) is 35.4 Å². The van der Waals surface area contributed by atoms with E-state index in [0.717, 1.165) is 24.1 Å². The summed E-state index contributed by atoms with van der Waals surface area (Å²) in [5.74, 6) is 5.58. The van der Waals surface area contributed by atoms with Crippen LogP contribution in [0.5, 0.6) is 0 Å². The molecule has 1 aliphatic rings. The number of halogens is 3. The number of ketones is 1. The summed E-state index contributed by atoms with van der Waals surface area (Å²) in [5, 5.41) is 5.48. The van der Waals surface area contributed by atoms with E-state index in [1.807, 2.05) is 6.92 Å². The number of imidazole rings is 1. The van der Waals surface area contributed by atoms with Gasteiger partial charge in [-0.3, -0.25) is 9.59 Å². The fourth-order valence-electron chi connectivity index (χ4n) is 4.23. The van der Waals surface area contributed by atoms with Crippen molar-refractivity contribution in [1.29, 1.82) is 0 Å². The van der Waals surface area contributed by atoms with Crippen molar-refractivity contribution >= 4 is 23.2 Å². The second-order valence-corrected chi connectivity index (χ2v) is 9.57. The summed E-state index contributed by atoms with van der Waals surface area (Å²) in [7, 11) is 0. The lowest BCUT2D eigenvalue weighted by Crippen LogP contribution is -2.27. The number of ether oxygens (including phenoxy) is 1. The first kappa shape index (κ1) is 28.5. The number of carbonyl (C=O) groups is 2. The Labute approximate surface area is 239 Å². The number of Topliss-reactive ketones (excluding diaryl/α,β-unsaturated/α-hetero) is 1. The van der Waals surface area contributed by atoms with Crippen molar-refractivity contribution in [2.24, 2.45) is 0 Å². The van der Waals surface area contributed by atoms with Crippen LogP contribution in [0.1, 0.15) is 45.6 Å². The average Bonchev–Trinajstić information content (AvgIpc) is 3.71. The fourth-order valence-corrected chi connectivity index (χ4v) is 4.23. The molecule has 1 atom stereocenters. The molecule has 0 bridgehead atoms. The van der Waals surface area contributed by atoms with Gasteiger partial charge in [-0.1, -0.05) is 18.1 Å².